The first-order valence-electron chi connectivity index (χ1n) is 5.79. The van der Waals surface area contributed by atoms with Crippen LogP contribution in [0.1, 0.15) is 37.7 Å². The molecule has 2 N–H and O–H groups in total. The van der Waals surface area contributed by atoms with Crippen molar-refractivity contribution in [2.24, 2.45) is 5.73 Å². The molecule has 1 aromatic carbocycles. The molecule has 16 heavy (non-hydrogen) atoms. The quantitative estimate of drug-likeness (QED) is 0.858. The molecule has 2 rings (SSSR count). The Labute approximate surface area is 102 Å². The highest BCUT2D eigenvalue weighted by atomic mass is 35.5. The van der Waals surface area contributed by atoms with Crippen LogP contribution in [0.15, 0.2) is 18.2 Å². The summed E-state index contributed by atoms with van der Waals surface area (Å²) in [6.07, 6.45) is 5.69. The molecular weight excluding hydrogens is 222 g/mol. The Kier molecular flexibility index (Phi) is 3.41. The van der Waals surface area contributed by atoms with Gasteiger partial charge < -0.3 is 10.5 Å². The largest absolute Gasteiger partial charge is 0.496 e. The lowest BCUT2D eigenvalue weighted by atomic mass is 9.77. The summed E-state index contributed by atoms with van der Waals surface area (Å²) in [5.74, 6) is 0.855. The molecule has 0 heterocycles. The number of hydrogen-bond acceptors (Lipinski definition) is 2. The third-order valence-corrected chi connectivity index (χ3v) is 3.68. The fraction of sp³-hybridized carbons (Fsp3) is 0.538. The molecule has 0 radical (unpaired) electrons. The molecule has 0 spiro atoms. The molecule has 1 saturated carbocycles. The van der Waals surface area contributed by atoms with E-state index in [1.54, 1.807) is 7.11 Å². The molecule has 3 heteroatoms. The fourth-order valence-corrected chi connectivity index (χ4v) is 2.69. The van der Waals surface area contributed by atoms with E-state index in [1.165, 1.54) is 19.3 Å². The number of ether oxygens (including phenoxy) is 1. The highest BCUT2D eigenvalue weighted by Crippen LogP contribution is 2.40. The molecule has 1 fully saturated rings. The minimum Gasteiger partial charge on any atom is -0.496 e. The maximum atomic E-state index is 6.49. The summed E-state index contributed by atoms with van der Waals surface area (Å²) in [7, 11) is 1.68. The van der Waals surface area contributed by atoms with Gasteiger partial charge in [-0.25, -0.2) is 0 Å². The van der Waals surface area contributed by atoms with Crippen LogP contribution in [0.4, 0.5) is 0 Å². The zero-order valence-corrected chi connectivity index (χ0v) is 10.4. The lowest BCUT2D eigenvalue weighted by molar-refractivity contribution is 0.289. The zero-order chi connectivity index (χ0) is 11.6. The van der Waals surface area contributed by atoms with E-state index < -0.39 is 0 Å². The smallest absolute Gasteiger partial charge is 0.124 e. The summed E-state index contributed by atoms with van der Waals surface area (Å²) in [4.78, 5) is 0. The molecule has 2 nitrogen and oxygen atoms in total. The van der Waals surface area contributed by atoms with Crippen molar-refractivity contribution in [2.45, 2.75) is 37.6 Å². The number of halogens is 1. The van der Waals surface area contributed by atoms with Gasteiger partial charge in [0.1, 0.15) is 5.75 Å². The predicted molar refractivity (Wildman–Crippen MR) is 67.0 cm³/mol. The number of methoxy groups -OCH3 is 1. The molecule has 0 atom stereocenters. The first kappa shape index (κ1) is 11.7. The van der Waals surface area contributed by atoms with Crippen LogP contribution in [0.5, 0.6) is 5.75 Å². The van der Waals surface area contributed by atoms with Crippen molar-refractivity contribution in [3.8, 4) is 5.75 Å². The van der Waals surface area contributed by atoms with E-state index in [2.05, 4.69) is 0 Å². The summed E-state index contributed by atoms with van der Waals surface area (Å²) in [5, 5.41) is 0.728. The topological polar surface area (TPSA) is 35.2 Å². The van der Waals surface area contributed by atoms with E-state index in [4.69, 9.17) is 22.1 Å². The van der Waals surface area contributed by atoms with Crippen molar-refractivity contribution >= 4 is 11.6 Å². The van der Waals surface area contributed by atoms with Crippen LogP contribution in [0.2, 0.25) is 5.02 Å². The Bertz CT molecular complexity index is 372. The zero-order valence-electron chi connectivity index (χ0n) is 9.63. The molecule has 88 valence electrons. The summed E-state index contributed by atoms with van der Waals surface area (Å²) in [6.45, 7) is 0. The third kappa shape index (κ3) is 2.18. The van der Waals surface area contributed by atoms with Crippen LogP contribution in [0.3, 0.4) is 0 Å². The van der Waals surface area contributed by atoms with E-state index in [0.29, 0.717) is 0 Å². The molecule has 1 aliphatic rings. The molecule has 1 aromatic rings. The van der Waals surface area contributed by atoms with Crippen LogP contribution < -0.4 is 10.5 Å². The summed E-state index contributed by atoms with van der Waals surface area (Å²) in [6, 6.07) is 5.70. The van der Waals surface area contributed by atoms with Gasteiger partial charge in [0.05, 0.1) is 7.11 Å². The highest BCUT2D eigenvalue weighted by Gasteiger charge is 2.32. The minimum absolute atomic E-state index is 0.255. The highest BCUT2D eigenvalue weighted by molar-refractivity contribution is 6.30. The number of nitrogens with two attached hydrogens (primary N) is 1. The maximum absolute atomic E-state index is 6.49. The fourth-order valence-electron chi connectivity index (χ4n) is 2.52. The van der Waals surface area contributed by atoms with E-state index in [-0.39, 0.29) is 5.54 Å². The van der Waals surface area contributed by atoms with Gasteiger partial charge in [-0.3, -0.25) is 0 Å². The van der Waals surface area contributed by atoms with Gasteiger partial charge >= 0.3 is 0 Å². The third-order valence-electron chi connectivity index (χ3n) is 3.44. The first-order valence-corrected chi connectivity index (χ1v) is 6.16. The van der Waals surface area contributed by atoms with Gasteiger partial charge in [-0.15, -0.1) is 0 Å². The Hall–Kier alpha value is -0.730. The molecule has 0 saturated heterocycles. The normalized spacial score (nSPS) is 19.4. The van der Waals surface area contributed by atoms with Gasteiger partial charge in [-0.05, 0) is 31.0 Å². The Morgan fingerprint density at radius 1 is 1.25 bits per heavy atom. The average molecular weight is 240 g/mol. The van der Waals surface area contributed by atoms with Gasteiger partial charge in [0.2, 0.25) is 0 Å². The predicted octanol–water partition coefficient (Wildman–Crippen LogP) is 3.47. The summed E-state index contributed by atoms with van der Waals surface area (Å²) < 4.78 is 5.38. The van der Waals surface area contributed by atoms with E-state index in [0.717, 1.165) is 29.2 Å². The Morgan fingerprint density at radius 2 is 1.94 bits per heavy atom. The van der Waals surface area contributed by atoms with Crippen molar-refractivity contribution in [1.29, 1.82) is 0 Å². The molecular formula is C13H18ClNO. The van der Waals surface area contributed by atoms with Gasteiger partial charge in [-0.2, -0.15) is 0 Å². The molecule has 0 unspecified atom stereocenters. The van der Waals surface area contributed by atoms with Crippen molar-refractivity contribution in [2.75, 3.05) is 7.11 Å². The second kappa shape index (κ2) is 4.64. The first-order chi connectivity index (χ1) is 7.65. The van der Waals surface area contributed by atoms with E-state index in [9.17, 15) is 0 Å². The van der Waals surface area contributed by atoms with E-state index >= 15 is 0 Å². The standard InChI is InChI=1S/C13H18ClNO/c1-16-12-6-5-10(14)9-11(12)13(15)7-3-2-4-8-13/h5-6,9H,2-4,7-8,15H2,1H3. The van der Waals surface area contributed by atoms with Crippen LogP contribution in [0.25, 0.3) is 0 Å². The molecule has 0 aliphatic heterocycles. The Morgan fingerprint density at radius 3 is 2.56 bits per heavy atom. The van der Waals surface area contributed by atoms with Crippen molar-refractivity contribution in [3.63, 3.8) is 0 Å². The van der Waals surface area contributed by atoms with E-state index in [1.807, 2.05) is 18.2 Å². The summed E-state index contributed by atoms with van der Waals surface area (Å²) >= 11 is 6.04. The second-order valence-corrected chi connectivity index (χ2v) is 5.00. The minimum atomic E-state index is -0.255. The number of hydrogen-bond donors (Lipinski definition) is 1. The number of benzene rings is 1. The molecule has 1 aliphatic carbocycles. The van der Waals surface area contributed by atoms with Crippen LogP contribution >= 0.6 is 11.6 Å². The summed E-state index contributed by atoms with van der Waals surface area (Å²) in [5.41, 5.74) is 7.29. The lowest BCUT2D eigenvalue weighted by Crippen LogP contribution is -2.38. The van der Waals surface area contributed by atoms with Crippen molar-refractivity contribution in [1.82, 2.24) is 0 Å². The van der Waals surface area contributed by atoms with Gasteiger partial charge in [0.15, 0.2) is 0 Å². The molecule has 0 amide bonds. The van der Waals surface area contributed by atoms with Crippen molar-refractivity contribution in [3.05, 3.63) is 28.8 Å². The average Bonchev–Trinajstić information content (AvgIpc) is 2.30. The van der Waals surface area contributed by atoms with Gasteiger partial charge in [0.25, 0.3) is 0 Å². The van der Waals surface area contributed by atoms with Gasteiger partial charge in [-0.1, -0.05) is 30.9 Å². The lowest BCUT2D eigenvalue weighted by Gasteiger charge is -2.35. The van der Waals surface area contributed by atoms with Crippen LogP contribution in [-0.2, 0) is 5.54 Å². The molecule has 0 bridgehead atoms. The molecule has 0 aromatic heterocycles. The van der Waals surface area contributed by atoms with Crippen LogP contribution in [0, 0.1) is 0 Å². The van der Waals surface area contributed by atoms with Crippen LogP contribution in [-0.4, -0.2) is 7.11 Å². The SMILES string of the molecule is COc1ccc(Cl)cc1C1(N)CCCCC1. The monoisotopic (exact) mass is 239 g/mol. The van der Waals surface area contributed by atoms with Crippen molar-refractivity contribution < 1.29 is 4.74 Å². The second-order valence-electron chi connectivity index (χ2n) is 4.56. The Balaban J connectivity index is 2.40. The number of rotatable bonds is 2. The van der Waals surface area contributed by atoms with Gasteiger partial charge in [0, 0.05) is 16.1 Å². The maximum Gasteiger partial charge on any atom is 0.124 e.